The van der Waals surface area contributed by atoms with E-state index >= 15 is 0 Å². The van der Waals surface area contributed by atoms with Crippen LogP contribution in [0, 0.1) is 12.8 Å². The Morgan fingerprint density at radius 1 is 1.12 bits per heavy atom. The Kier molecular flexibility index (Phi) is 5.84. The molecule has 0 radical (unpaired) electrons. The van der Waals surface area contributed by atoms with Gasteiger partial charge in [0, 0.05) is 25.6 Å². The van der Waals surface area contributed by atoms with Crippen molar-refractivity contribution in [2.24, 2.45) is 11.7 Å². The number of amides is 1. The third-order valence-corrected chi connectivity index (χ3v) is 5.02. The largest absolute Gasteiger partial charge is 0.351 e. The maximum Gasteiger partial charge on any atom is 0.234 e. The van der Waals surface area contributed by atoms with Gasteiger partial charge in [0.1, 0.15) is 0 Å². The van der Waals surface area contributed by atoms with Crippen molar-refractivity contribution >= 4 is 5.91 Å². The van der Waals surface area contributed by atoms with Gasteiger partial charge < -0.3 is 11.1 Å². The summed E-state index contributed by atoms with van der Waals surface area (Å²) in [5, 5.41) is 3.02. The lowest BCUT2D eigenvalue weighted by Crippen LogP contribution is -2.36. The smallest absolute Gasteiger partial charge is 0.234 e. The van der Waals surface area contributed by atoms with E-state index in [-0.39, 0.29) is 5.91 Å². The molecule has 0 unspecified atom stereocenters. The van der Waals surface area contributed by atoms with Crippen molar-refractivity contribution in [3.8, 4) is 0 Å². The summed E-state index contributed by atoms with van der Waals surface area (Å²) >= 11 is 0. The molecule has 25 heavy (non-hydrogen) atoms. The molecule has 2 aromatic rings. The van der Waals surface area contributed by atoms with Crippen molar-refractivity contribution in [1.82, 2.24) is 10.2 Å². The van der Waals surface area contributed by atoms with Crippen molar-refractivity contribution in [2.75, 3.05) is 26.2 Å². The third kappa shape index (κ3) is 4.68. The number of nitrogens with one attached hydrogen (secondary N) is 1. The summed E-state index contributed by atoms with van der Waals surface area (Å²) in [5.74, 6) is 0.897. The van der Waals surface area contributed by atoms with E-state index in [0.29, 0.717) is 31.5 Å². The summed E-state index contributed by atoms with van der Waals surface area (Å²) in [6, 6.07) is 18.7. The molecule has 3 N–H and O–H groups in total. The highest BCUT2D eigenvalue weighted by atomic mass is 16.2. The van der Waals surface area contributed by atoms with Crippen LogP contribution in [0.3, 0.4) is 0 Å². The number of nitrogens with two attached hydrogens (primary N) is 1. The van der Waals surface area contributed by atoms with Crippen molar-refractivity contribution in [1.29, 1.82) is 0 Å². The van der Waals surface area contributed by atoms with Crippen LogP contribution in [0.1, 0.15) is 22.6 Å². The molecular formula is C21H27N3O. The highest BCUT2D eigenvalue weighted by Crippen LogP contribution is 2.31. The molecule has 132 valence electrons. The predicted molar refractivity (Wildman–Crippen MR) is 101 cm³/mol. The average molecular weight is 337 g/mol. The maximum atomic E-state index is 12.3. The van der Waals surface area contributed by atoms with Gasteiger partial charge in [-0.25, -0.2) is 0 Å². The predicted octanol–water partition coefficient (Wildman–Crippen LogP) is 2.29. The first-order valence-corrected chi connectivity index (χ1v) is 8.95. The van der Waals surface area contributed by atoms with Crippen LogP contribution in [0.25, 0.3) is 0 Å². The first-order valence-electron chi connectivity index (χ1n) is 8.95. The Labute approximate surface area is 150 Å². The van der Waals surface area contributed by atoms with Crippen LogP contribution < -0.4 is 11.1 Å². The average Bonchev–Trinajstić information content (AvgIpc) is 3.05. The molecular weight excluding hydrogens is 310 g/mol. The van der Waals surface area contributed by atoms with E-state index in [1.54, 1.807) is 0 Å². The molecule has 1 saturated heterocycles. The SMILES string of the molecule is Cc1ccc(CNC(=O)CN2C[C@@H](CN)[C@H](c3ccccc3)C2)cc1. The van der Waals surface area contributed by atoms with E-state index in [9.17, 15) is 4.79 Å². The molecule has 4 nitrogen and oxygen atoms in total. The van der Waals surface area contributed by atoms with Gasteiger partial charge in [-0.2, -0.15) is 0 Å². The van der Waals surface area contributed by atoms with Crippen molar-refractivity contribution in [3.63, 3.8) is 0 Å². The van der Waals surface area contributed by atoms with Gasteiger partial charge in [-0.1, -0.05) is 60.2 Å². The van der Waals surface area contributed by atoms with Crippen LogP contribution in [0.4, 0.5) is 0 Å². The Morgan fingerprint density at radius 2 is 1.84 bits per heavy atom. The van der Waals surface area contributed by atoms with E-state index in [1.165, 1.54) is 11.1 Å². The number of rotatable bonds is 6. The second-order valence-electron chi connectivity index (χ2n) is 6.97. The summed E-state index contributed by atoms with van der Waals surface area (Å²) in [7, 11) is 0. The number of likely N-dealkylation sites (tertiary alicyclic amines) is 1. The number of carbonyl (C=O) groups is 1. The van der Waals surface area contributed by atoms with Crippen molar-refractivity contribution in [3.05, 3.63) is 71.3 Å². The molecule has 0 saturated carbocycles. The molecule has 2 aromatic carbocycles. The lowest BCUT2D eigenvalue weighted by molar-refractivity contribution is -0.122. The van der Waals surface area contributed by atoms with Crippen molar-refractivity contribution in [2.45, 2.75) is 19.4 Å². The second kappa shape index (κ2) is 8.28. The molecule has 1 fully saturated rings. The van der Waals surface area contributed by atoms with Gasteiger partial charge in [0.2, 0.25) is 5.91 Å². The topological polar surface area (TPSA) is 58.4 Å². The van der Waals surface area contributed by atoms with Crippen LogP contribution in [0.15, 0.2) is 54.6 Å². The molecule has 4 heteroatoms. The van der Waals surface area contributed by atoms with Crippen molar-refractivity contribution < 1.29 is 4.79 Å². The van der Waals surface area contributed by atoms with E-state index in [4.69, 9.17) is 5.73 Å². The quantitative estimate of drug-likeness (QED) is 0.850. The van der Waals surface area contributed by atoms with E-state index in [2.05, 4.69) is 65.7 Å². The number of benzene rings is 2. The molecule has 3 rings (SSSR count). The van der Waals surface area contributed by atoms with Crippen LogP contribution in [-0.2, 0) is 11.3 Å². The Bertz CT molecular complexity index is 684. The van der Waals surface area contributed by atoms with Crippen LogP contribution in [-0.4, -0.2) is 37.0 Å². The fourth-order valence-electron chi connectivity index (χ4n) is 3.57. The van der Waals surface area contributed by atoms with Crippen LogP contribution >= 0.6 is 0 Å². The first-order chi connectivity index (χ1) is 12.2. The van der Waals surface area contributed by atoms with Gasteiger partial charge in [-0.3, -0.25) is 9.69 Å². The van der Waals surface area contributed by atoms with E-state index in [1.807, 2.05) is 6.07 Å². The molecule has 1 aliphatic heterocycles. The zero-order valence-electron chi connectivity index (χ0n) is 14.8. The van der Waals surface area contributed by atoms with Gasteiger partial charge in [-0.05, 0) is 30.5 Å². The summed E-state index contributed by atoms with van der Waals surface area (Å²) in [4.78, 5) is 14.5. The second-order valence-corrected chi connectivity index (χ2v) is 6.97. The minimum absolute atomic E-state index is 0.0741. The molecule has 1 aliphatic rings. The minimum atomic E-state index is 0.0741. The van der Waals surface area contributed by atoms with Crippen LogP contribution in [0.5, 0.6) is 0 Å². The lowest BCUT2D eigenvalue weighted by Gasteiger charge is -2.16. The fourth-order valence-corrected chi connectivity index (χ4v) is 3.57. The Balaban J connectivity index is 1.52. The number of carbonyl (C=O) groups excluding carboxylic acids is 1. The van der Waals surface area contributed by atoms with E-state index in [0.717, 1.165) is 18.7 Å². The third-order valence-electron chi connectivity index (χ3n) is 5.02. The maximum absolute atomic E-state index is 12.3. The zero-order valence-corrected chi connectivity index (χ0v) is 14.8. The van der Waals surface area contributed by atoms with E-state index < -0.39 is 0 Å². The van der Waals surface area contributed by atoms with Gasteiger partial charge >= 0.3 is 0 Å². The summed E-state index contributed by atoms with van der Waals surface area (Å²) in [6.45, 7) is 5.51. The molecule has 0 spiro atoms. The minimum Gasteiger partial charge on any atom is -0.351 e. The summed E-state index contributed by atoms with van der Waals surface area (Å²) < 4.78 is 0. The normalized spacial score (nSPS) is 20.6. The molecule has 0 bridgehead atoms. The standard InChI is InChI=1S/C21H27N3O/c1-16-7-9-17(10-8-16)12-23-21(25)15-24-13-19(11-22)20(14-24)18-5-3-2-4-6-18/h2-10,19-20H,11-15,22H2,1H3,(H,23,25)/t19-,20+/m1/s1. The monoisotopic (exact) mass is 337 g/mol. The number of aryl methyl sites for hydroxylation is 1. The molecule has 0 aliphatic carbocycles. The Morgan fingerprint density at radius 3 is 2.52 bits per heavy atom. The lowest BCUT2D eigenvalue weighted by atomic mass is 9.89. The highest BCUT2D eigenvalue weighted by Gasteiger charge is 2.33. The zero-order chi connectivity index (χ0) is 17.6. The highest BCUT2D eigenvalue weighted by molar-refractivity contribution is 5.78. The number of hydrogen-bond acceptors (Lipinski definition) is 3. The number of nitrogens with zero attached hydrogens (tertiary/aromatic N) is 1. The van der Waals surface area contributed by atoms with Gasteiger partial charge in [0.05, 0.1) is 6.54 Å². The molecule has 0 aromatic heterocycles. The number of hydrogen-bond donors (Lipinski definition) is 2. The summed E-state index contributed by atoms with van der Waals surface area (Å²) in [6.07, 6.45) is 0. The fraction of sp³-hybridized carbons (Fsp3) is 0.381. The van der Waals surface area contributed by atoms with Gasteiger partial charge in [-0.15, -0.1) is 0 Å². The molecule has 1 heterocycles. The van der Waals surface area contributed by atoms with Crippen LogP contribution in [0.2, 0.25) is 0 Å². The summed E-state index contributed by atoms with van der Waals surface area (Å²) in [5.41, 5.74) is 9.65. The Hall–Kier alpha value is -2.17. The first kappa shape index (κ1) is 17.6. The van der Waals surface area contributed by atoms with Gasteiger partial charge in [0.25, 0.3) is 0 Å². The molecule has 2 atom stereocenters. The molecule has 1 amide bonds. The van der Waals surface area contributed by atoms with Gasteiger partial charge in [0.15, 0.2) is 0 Å².